The molecule has 0 aromatic rings. The summed E-state index contributed by atoms with van der Waals surface area (Å²) in [5.74, 6) is 0. The fourth-order valence-electron chi connectivity index (χ4n) is 4.49. The van der Waals surface area contributed by atoms with E-state index >= 15 is 0 Å². The molecule has 0 spiro atoms. The average molecular weight is 515 g/mol. The van der Waals surface area contributed by atoms with Crippen LogP contribution in [-0.4, -0.2) is 13.2 Å². The molecule has 0 aliphatic carbocycles. The van der Waals surface area contributed by atoms with Crippen molar-refractivity contribution in [1.82, 2.24) is 0 Å². The summed E-state index contributed by atoms with van der Waals surface area (Å²) in [7, 11) is 0. The highest BCUT2D eigenvalue weighted by Gasteiger charge is 1.94. The van der Waals surface area contributed by atoms with Crippen molar-refractivity contribution < 1.29 is 4.74 Å². The Bertz CT molecular complexity index is 467. The quantitative estimate of drug-likeness (QED) is 0.0684. The fourth-order valence-corrected chi connectivity index (χ4v) is 4.49. The van der Waals surface area contributed by atoms with E-state index in [2.05, 4.69) is 62.5 Å². The number of rotatable bonds is 30. The topological polar surface area (TPSA) is 9.23 Å². The van der Waals surface area contributed by atoms with Gasteiger partial charge in [-0.15, -0.1) is 0 Å². The van der Waals surface area contributed by atoms with E-state index in [1.807, 2.05) is 0 Å². The monoisotopic (exact) mass is 515 g/mol. The van der Waals surface area contributed by atoms with Gasteiger partial charge in [-0.2, -0.15) is 0 Å². The van der Waals surface area contributed by atoms with Gasteiger partial charge in [0.2, 0.25) is 0 Å². The van der Waals surface area contributed by atoms with Crippen LogP contribution in [0.4, 0.5) is 0 Å². The van der Waals surface area contributed by atoms with E-state index in [-0.39, 0.29) is 0 Å². The molecule has 0 saturated heterocycles. The molecule has 0 atom stereocenters. The summed E-state index contributed by atoms with van der Waals surface area (Å²) in [5.41, 5.74) is 0. The molecule has 0 radical (unpaired) electrons. The van der Waals surface area contributed by atoms with Gasteiger partial charge in [-0.05, 0) is 77.0 Å². The zero-order valence-corrected chi connectivity index (χ0v) is 25.4. The molecule has 0 saturated carbocycles. The summed E-state index contributed by atoms with van der Waals surface area (Å²) >= 11 is 0. The second-order valence-electron chi connectivity index (χ2n) is 10.8. The maximum Gasteiger partial charge on any atom is 0.0466 e. The molecule has 0 N–H and O–H groups in total. The van der Waals surface area contributed by atoms with Crippen molar-refractivity contribution in [3.8, 4) is 0 Å². The van der Waals surface area contributed by atoms with Crippen LogP contribution in [0, 0.1) is 0 Å². The van der Waals surface area contributed by atoms with Crippen LogP contribution in [0.1, 0.15) is 168 Å². The van der Waals surface area contributed by atoms with E-state index < -0.39 is 0 Å². The van der Waals surface area contributed by atoms with Crippen LogP contribution >= 0.6 is 0 Å². The standard InChI is InChI=1S/C36H66O/c1-3-5-7-9-11-13-15-17-19-21-23-25-27-29-31-33-35-37-36-34-32-30-28-26-24-22-20-18-16-14-12-10-8-6-4-2/h11-14,17-20H,3-10,15-16,21-36H2,1-2H3/b13-11+,14-12+,19-17+,20-18+. The minimum atomic E-state index is 0.967. The Morgan fingerprint density at radius 1 is 0.324 bits per heavy atom. The second kappa shape index (κ2) is 34.9. The number of hydrogen-bond donors (Lipinski definition) is 0. The molecular formula is C36H66O. The third-order valence-corrected chi connectivity index (χ3v) is 6.98. The molecule has 0 aliphatic rings. The molecule has 37 heavy (non-hydrogen) atoms. The highest BCUT2D eigenvalue weighted by Crippen LogP contribution is 2.10. The normalized spacial score (nSPS) is 12.4. The van der Waals surface area contributed by atoms with Crippen LogP contribution in [-0.2, 0) is 4.74 Å². The Labute approximate surface area is 234 Å². The van der Waals surface area contributed by atoms with Gasteiger partial charge in [0.15, 0.2) is 0 Å². The molecule has 0 bridgehead atoms. The van der Waals surface area contributed by atoms with Crippen molar-refractivity contribution in [2.75, 3.05) is 13.2 Å². The lowest BCUT2D eigenvalue weighted by molar-refractivity contribution is 0.125. The van der Waals surface area contributed by atoms with E-state index in [1.165, 1.54) is 141 Å². The molecule has 216 valence electrons. The Morgan fingerprint density at radius 3 is 0.973 bits per heavy atom. The molecule has 0 fully saturated rings. The molecule has 0 rings (SSSR count). The summed E-state index contributed by atoms with van der Waals surface area (Å²) in [6, 6.07) is 0. The van der Waals surface area contributed by atoms with Crippen LogP contribution in [0.15, 0.2) is 48.6 Å². The Balaban J connectivity index is 3.16. The molecule has 0 aromatic heterocycles. The SMILES string of the molecule is CCCCC/C=C/C/C=C/CCCCCCCCOCCCCCCCC/C=C/C/C=C/CCCCC. The van der Waals surface area contributed by atoms with Crippen LogP contribution in [0.3, 0.4) is 0 Å². The second-order valence-corrected chi connectivity index (χ2v) is 10.8. The first-order valence-electron chi connectivity index (χ1n) is 16.6. The van der Waals surface area contributed by atoms with Gasteiger partial charge in [0.05, 0.1) is 0 Å². The lowest BCUT2D eigenvalue weighted by Crippen LogP contribution is -1.97. The highest BCUT2D eigenvalue weighted by atomic mass is 16.5. The number of unbranched alkanes of at least 4 members (excludes halogenated alkanes) is 18. The predicted molar refractivity (Wildman–Crippen MR) is 170 cm³/mol. The number of ether oxygens (including phenoxy) is 1. The Morgan fingerprint density at radius 2 is 0.622 bits per heavy atom. The lowest BCUT2D eigenvalue weighted by Gasteiger charge is -2.05. The van der Waals surface area contributed by atoms with E-state index in [0.29, 0.717) is 0 Å². The Kier molecular flexibility index (Phi) is 33.9. The summed E-state index contributed by atoms with van der Waals surface area (Å²) < 4.78 is 5.84. The molecule has 0 amide bonds. The van der Waals surface area contributed by atoms with Crippen molar-refractivity contribution in [2.24, 2.45) is 0 Å². The fraction of sp³-hybridized carbons (Fsp3) is 0.778. The van der Waals surface area contributed by atoms with E-state index in [4.69, 9.17) is 4.74 Å². The van der Waals surface area contributed by atoms with Crippen LogP contribution < -0.4 is 0 Å². The highest BCUT2D eigenvalue weighted by molar-refractivity contribution is 4.93. The van der Waals surface area contributed by atoms with E-state index in [0.717, 1.165) is 26.1 Å². The lowest BCUT2D eigenvalue weighted by atomic mass is 10.1. The van der Waals surface area contributed by atoms with Gasteiger partial charge in [-0.3, -0.25) is 0 Å². The average Bonchev–Trinajstić information content (AvgIpc) is 2.91. The van der Waals surface area contributed by atoms with Gasteiger partial charge in [0.25, 0.3) is 0 Å². The van der Waals surface area contributed by atoms with Crippen LogP contribution in [0.25, 0.3) is 0 Å². The van der Waals surface area contributed by atoms with Crippen molar-refractivity contribution in [3.63, 3.8) is 0 Å². The first-order chi connectivity index (χ1) is 18.4. The summed E-state index contributed by atoms with van der Waals surface area (Å²) in [6.07, 6.45) is 50.2. The molecule has 1 heteroatoms. The molecule has 1 nitrogen and oxygen atoms in total. The summed E-state index contributed by atoms with van der Waals surface area (Å²) in [6.45, 7) is 6.47. The van der Waals surface area contributed by atoms with E-state index in [1.54, 1.807) is 0 Å². The number of hydrogen-bond acceptors (Lipinski definition) is 1. The molecular weight excluding hydrogens is 448 g/mol. The predicted octanol–water partition coefficient (Wildman–Crippen LogP) is 12.6. The molecule has 0 heterocycles. The first-order valence-corrected chi connectivity index (χ1v) is 16.6. The minimum Gasteiger partial charge on any atom is -0.381 e. The third-order valence-electron chi connectivity index (χ3n) is 6.98. The zero-order chi connectivity index (χ0) is 26.7. The molecule has 0 aliphatic heterocycles. The first kappa shape index (κ1) is 35.9. The van der Waals surface area contributed by atoms with Crippen LogP contribution in [0.2, 0.25) is 0 Å². The summed E-state index contributed by atoms with van der Waals surface area (Å²) in [4.78, 5) is 0. The smallest absolute Gasteiger partial charge is 0.0466 e. The van der Waals surface area contributed by atoms with Gasteiger partial charge < -0.3 is 4.74 Å². The Hall–Kier alpha value is -1.08. The van der Waals surface area contributed by atoms with Crippen molar-refractivity contribution >= 4 is 0 Å². The maximum atomic E-state index is 5.84. The zero-order valence-electron chi connectivity index (χ0n) is 25.4. The van der Waals surface area contributed by atoms with Crippen molar-refractivity contribution in [1.29, 1.82) is 0 Å². The summed E-state index contributed by atoms with van der Waals surface area (Å²) in [5, 5.41) is 0. The third kappa shape index (κ3) is 34.9. The van der Waals surface area contributed by atoms with Gasteiger partial charge in [-0.25, -0.2) is 0 Å². The van der Waals surface area contributed by atoms with Gasteiger partial charge in [-0.1, -0.05) is 140 Å². The largest absolute Gasteiger partial charge is 0.381 e. The van der Waals surface area contributed by atoms with Crippen molar-refractivity contribution in [3.05, 3.63) is 48.6 Å². The number of allylic oxidation sites excluding steroid dienone is 8. The minimum absolute atomic E-state index is 0.967. The molecule has 0 unspecified atom stereocenters. The van der Waals surface area contributed by atoms with Crippen molar-refractivity contribution in [2.45, 2.75) is 168 Å². The molecule has 0 aromatic carbocycles. The maximum absolute atomic E-state index is 5.84. The van der Waals surface area contributed by atoms with Gasteiger partial charge >= 0.3 is 0 Å². The van der Waals surface area contributed by atoms with E-state index in [9.17, 15) is 0 Å². The van der Waals surface area contributed by atoms with Gasteiger partial charge in [0.1, 0.15) is 0 Å². The van der Waals surface area contributed by atoms with Crippen LogP contribution in [0.5, 0.6) is 0 Å². The van der Waals surface area contributed by atoms with Gasteiger partial charge in [0, 0.05) is 13.2 Å².